The van der Waals surface area contributed by atoms with Gasteiger partial charge in [-0.05, 0) is 49.6 Å². The molecular formula is C22H31NO5S. The van der Waals surface area contributed by atoms with E-state index in [0.717, 1.165) is 31.2 Å². The summed E-state index contributed by atoms with van der Waals surface area (Å²) in [6, 6.07) is 10.5. The first-order valence-electron chi connectivity index (χ1n) is 10.2. The van der Waals surface area contributed by atoms with Crippen molar-refractivity contribution in [2.75, 3.05) is 5.75 Å². The summed E-state index contributed by atoms with van der Waals surface area (Å²) in [6.45, 7) is 6.41. The number of furan rings is 1. The van der Waals surface area contributed by atoms with Crippen molar-refractivity contribution in [3.05, 3.63) is 54.0 Å². The Hall–Kier alpha value is -2.28. The molecule has 0 spiro atoms. The minimum atomic E-state index is -3.60. The second-order valence-electron chi connectivity index (χ2n) is 7.10. The van der Waals surface area contributed by atoms with Gasteiger partial charge < -0.3 is 13.5 Å². The van der Waals surface area contributed by atoms with E-state index in [1.807, 2.05) is 19.1 Å². The molecule has 7 heteroatoms. The minimum absolute atomic E-state index is 0.0372. The number of carbonyl (C=O) groups excluding carboxylic acids is 1. The van der Waals surface area contributed by atoms with Gasteiger partial charge in [-0.15, -0.1) is 0 Å². The Kier molecular flexibility index (Phi) is 8.76. The Morgan fingerprint density at radius 2 is 1.93 bits per heavy atom. The van der Waals surface area contributed by atoms with E-state index in [1.54, 1.807) is 35.4 Å². The molecule has 1 amide bonds. The lowest BCUT2D eigenvalue weighted by atomic mass is 9.97. The summed E-state index contributed by atoms with van der Waals surface area (Å²) in [5, 5.41) is 0. The highest BCUT2D eigenvalue weighted by molar-refractivity contribution is 7.87. The quantitative estimate of drug-likeness (QED) is 0.462. The van der Waals surface area contributed by atoms with Gasteiger partial charge in [-0.2, -0.15) is 8.42 Å². The zero-order chi connectivity index (χ0) is 21.3. The summed E-state index contributed by atoms with van der Waals surface area (Å²) < 4.78 is 34.1. The molecular weight excluding hydrogens is 390 g/mol. The van der Waals surface area contributed by atoms with Crippen LogP contribution in [0.15, 0.2) is 47.1 Å². The molecule has 0 saturated carbocycles. The lowest BCUT2D eigenvalue weighted by Gasteiger charge is -2.26. The fraction of sp³-hybridized carbons (Fsp3) is 0.500. The smallest absolute Gasteiger partial charge is 0.308 e. The Balaban J connectivity index is 2.22. The molecule has 2 rings (SSSR count). The fourth-order valence-electron chi connectivity index (χ4n) is 3.13. The van der Waals surface area contributed by atoms with Crippen molar-refractivity contribution in [2.24, 2.45) is 5.92 Å². The zero-order valence-electron chi connectivity index (χ0n) is 17.5. The molecule has 6 nitrogen and oxygen atoms in total. The van der Waals surface area contributed by atoms with Crippen molar-refractivity contribution in [1.82, 2.24) is 4.90 Å². The summed E-state index contributed by atoms with van der Waals surface area (Å²) >= 11 is 0. The first-order valence-corrected chi connectivity index (χ1v) is 11.8. The third-order valence-corrected chi connectivity index (χ3v) is 5.99. The van der Waals surface area contributed by atoms with E-state index in [-0.39, 0.29) is 23.3 Å². The van der Waals surface area contributed by atoms with Crippen LogP contribution in [0.2, 0.25) is 0 Å². The number of carbonyl (C=O) groups is 1. The van der Waals surface area contributed by atoms with E-state index >= 15 is 0 Å². The Morgan fingerprint density at radius 1 is 1.14 bits per heavy atom. The van der Waals surface area contributed by atoms with Crippen molar-refractivity contribution < 1.29 is 21.8 Å². The summed E-state index contributed by atoms with van der Waals surface area (Å²) in [6.07, 6.45) is 5.30. The number of nitrogens with zero attached hydrogens (tertiary/aromatic N) is 1. The van der Waals surface area contributed by atoms with Gasteiger partial charge in [0.1, 0.15) is 11.5 Å². The third-order valence-electron chi connectivity index (χ3n) is 4.84. The summed E-state index contributed by atoms with van der Waals surface area (Å²) in [7, 11) is -3.60. The standard InChI is InChI=1S/C22H31NO5S/c1-4-7-11-19(5-2)22(24)23(17-21-13-9-14-27-21)16-18-10-8-12-20(15-18)28-29(25,26)6-3/h8-10,12-15,19H,4-7,11,16-17H2,1-3H3/t19-/m0/s1. The van der Waals surface area contributed by atoms with Crippen LogP contribution in [0.25, 0.3) is 0 Å². The lowest BCUT2D eigenvalue weighted by Crippen LogP contribution is -2.35. The van der Waals surface area contributed by atoms with Crippen LogP contribution in [0.5, 0.6) is 5.75 Å². The van der Waals surface area contributed by atoms with Crippen LogP contribution in [0.4, 0.5) is 0 Å². The molecule has 2 aromatic rings. The molecule has 0 aliphatic rings. The van der Waals surface area contributed by atoms with Crippen LogP contribution in [-0.2, 0) is 28.0 Å². The van der Waals surface area contributed by atoms with Crippen LogP contribution >= 0.6 is 0 Å². The van der Waals surface area contributed by atoms with Crippen molar-refractivity contribution in [2.45, 2.75) is 59.5 Å². The molecule has 29 heavy (non-hydrogen) atoms. The number of hydrogen-bond acceptors (Lipinski definition) is 5. The number of hydrogen-bond donors (Lipinski definition) is 0. The van der Waals surface area contributed by atoms with Crippen LogP contribution < -0.4 is 4.18 Å². The predicted octanol–water partition coefficient (Wildman–Crippen LogP) is 4.75. The van der Waals surface area contributed by atoms with E-state index in [4.69, 9.17) is 8.60 Å². The predicted molar refractivity (Wildman–Crippen MR) is 113 cm³/mol. The van der Waals surface area contributed by atoms with Crippen LogP contribution in [0.1, 0.15) is 57.8 Å². The summed E-state index contributed by atoms with van der Waals surface area (Å²) in [5.41, 5.74) is 0.805. The van der Waals surface area contributed by atoms with Gasteiger partial charge in [-0.1, -0.05) is 38.8 Å². The number of benzene rings is 1. The monoisotopic (exact) mass is 421 g/mol. The maximum Gasteiger partial charge on any atom is 0.308 e. The van der Waals surface area contributed by atoms with Gasteiger partial charge in [0.05, 0.1) is 18.6 Å². The molecule has 1 heterocycles. The lowest BCUT2D eigenvalue weighted by molar-refractivity contribution is -0.137. The normalized spacial score (nSPS) is 12.5. The van der Waals surface area contributed by atoms with E-state index in [2.05, 4.69) is 6.92 Å². The van der Waals surface area contributed by atoms with Gasteiger partial charge in [-0.3, -0.25) is 4.79 Å². The Morgan fingerprint density at radius 3 is 2.55 bits per heavy atom. The molecule has 1 aromatic carbocycles. The average Bonchev–Trinajstić information content (AvgIpc) is 3.21. The van der Waals surface area contributed by atoms with Gasteiger partial charge in [-0.25, -0.2) is 0 Å². The molecule has 0 aliphatic heterocycles. The highest BCUT2D eigenvalue weighted by Crippen LogP contribution is 2.22. The second-order valence-corrected chi connectivity index (χ2v) is 8.96. The van der Waals surface area contributed by atoms with Gasteiger partial charge in [0.15, 0.2) is 0 Å². The number of unbranched alkanes of at least 4 members (excludes halogenated alkanes) is 1. The molecule has 0 unspecified atom stereocenters. The maximum atomic E-state index is 13.2. The summed E-state index contributed by atoms with van der Waals surface area (Å²) in [5.74, 6) is 0.919. The zero-order valence-corrected chi connectivity index (χ0v) is 18.3. The molecule has 0 saturated heterocycles. The van der Waals surface area contributed by atoms with Crippen molar-refractivity contribution in [3.63, 3.8) is 0 Å². The molecule has 0 aliphatic carbocycles. The second kappa shape index (κ2) is 11.0. The van der Waals surface area contributed by atoms with E-state index in [1.165, 1.54) is 6.92 Å². The van der Waals surface area contributed by atoms with Gasteiger partial charge in [0.25, 0.3) is 0 Å². The molecule has 160 valence electrons. The maximum absolute atomic E-state index is 13.2. The molecule has 0 fully saturated rings. The van der Waals surface area contributed by atoms with E-state index < -0.39 is 10.1 Å². The van der Waals surface area contributed by atoms with Crippen molar-refractivity contribution in [3.8, 4) is 5.75 Å². The van der Waals surface area contributed by atoms with Gasteiger partial charge >= 0.3 is 10.1 Å². The first-order chi connectivity index (χ1) is 13.9. The van der Waals surface area contributed by atoms with Crippen molar-refractivity contribution in [1.29, 1.82) is 0 Å². The van der Waals surface area contributed by atoms with Crippen LogP contribution in [0, 0.1) is 5.92 Å². The molecule has 1 atom stereocenters. The highest BCUT2D eigenvalue weighted by Gasteiger charge is 2.24. The third kappa shape index (κ3) is 7.24. The van der Waals surface area contributed by atoms with Crippen LogP contribution in [0.3, 0.4) is 0 Å². The minimum Gasteiger partial charge on any atom is -0.467 e. The van der Waals surface area contributed by atoms with Crippen LogP contribution in [-0.4, -0.2) is 25.0 Å². The molecule has 1 aromatic heterocycles. The summed E-state index contributed by atoms with van der Waals surface area (Å²) in [4.78, 5) is 15.0. The molecule has 0 bridgehead atoms. The molecule has 0 radical (unpaired) electrons. The number of rotatable bonds is 12. The van der Waals surface area contributed by atoms with Gasteiger partial charge in [0.2, 0.25) is 5.91 Å². The molecule has 0 N–H and O–H groups in total. The van der Waals surface area contributed by atoms with E-state index in [9.17, 15) is 13.2 Å². The first kappa shape index (κ1) is 23.0. The SMILES string of the molecule is CCCC[C@H](CC)C(=O)N(Cc1cccc(OS(=O)(=O)CC)c1)Cc1ccco1. The topological polar surface area (TPSA) is 76.8 Å². The average molecular weight is 422 g/mol. The fourth-order valence-corrected chi connectivity index (χ4v) is 3.65. The largest absolute Gasteiger partial charge is 0.467 e. The van der Waals surface area contributed by atoms with Gasteiger partial charge in [0, 0.05) is 12.5 Å². The highest BCUT2D eigenvalue weighted by atomic mass is 32.2. The van der Waals surface area contributed by atoms with Crippen molar-refractivity contribution >= 4 is 16.0 Å². The number of amides is 1. The van der Waals surface area contributed by atoms with E-state index in [0.29, 0.717) is 18.8 Å². The Bertz CT molecular complexity index is 861. The Labute approximate surface area is 174 Å².